The van der Waals surface area contributed by atoms with Crippen molar-refractivity contribution in [2.24, 2.45) is 0 Å². The second-order valence-corrected chi connectivity index (χ2v) is 12.0. The predicted molar refractivity (Wildman–Crippen MR) is 174 cm³/mol. The highest BCUT2D eigenvalue weighted by Crippen LogP contribution is 2.57. The van der Waals surface area contributed by atoms with Gasteiger partial charge in [0.1, 0.15) is 0 Å². The van der Waals surface area contributed by atoms with E-state index in [1.165, 1.54) is 60.7 Å². The van der Waals surface area contributed by atoms with E-state index in [1.807, 2.05) is 21.3 Å². The molecule has 0 aliphatic heterocycles. The van der Waals surface area contributed by atoms with Crippen LogP contribution in [0.3, 0.4) is 0 Å². The molecular weight excluding hydrogens is 499 g/mol. The van der Waals surface area contributed by atoms with Crippen LogP contribution in [-0.2, 0) is 4.65 Å². The van der Waals surface area contributed by atoms with Gasteiger partial charge < -0.3 is 9.76 Å². The maximum Gasteiger partial charge on any atom is 0.331 e. The summed E-state index contributed by atoms with van der Waals surface area (Å²) >= 11 is 0. The lowest BCUT2D eigenvalue weighted by molar-refractivity contribution is -0.0893. The summed E-state index contributed by atoms with van der Waals surface area (Å²) in [6.45, 7) is 7.41. The van der Waals surface area contributed by atoms with Crippen LogP contribution in [0.5, 0.6) is 0 Å². The van der Waals surface area contributed by atoms with Crippen molar-refractivity contribution < 1.29 is 9.76 Å². The zero-order valence-electron chi connectivity index (χ0n) is 23.9. The summed E-state index contributed by atoms with van der Waals surface area (Å²) in [4.78, 5) is 0. The van der Waals surface area contributed by atoms with Gasteiger partial charge in [0, 0.05) is 0 Å². The first-order chi connectivity index (χ1) is 19.8. The molecule has 6 aromatic carbocycles. The molecule has 7 rings (SSSR count). The molecule has 2 nitrogen and oxygen atoms in total. The largest absolute Gasteiger partial charge is 0.427 e. The predicted octanol–water partition coefficient (Wildman–Crippen LogP) is 8.79. The third-order valence-electron chi connectivity index (χ3n) is 8.91. The summed E-state index contributed by atoms with van der Waals surface area (Å²) in [5.74, 6) is 0. The smallest absolute Gasteiger partial charge is 0.331 e. The lowest BCUT2D eigenvalue weighted by Gasteiger charge is -2.37. The van der Waals surface area contributed by atoms with Crippen LogP contribution in [0.15, 0.2) is 115 Å². The molecule has 0 fully saturated rings. The zero-order chi connectivity index (χ0) is 28.4. The van der Waals surface area contributed by atoms with Gasteiger partial charge in [-0.1, -0.05) is 115 Å². The summed E-state index contributed by atoms with van der Waals surface area (Å²) in [6, 6.07) is 41.4. The normalized spacial score (nSPS) is 12.6. The minimum Gasteiger partial charge on any atom is -0.427 e. The molecule has 41 heavy (non-hydrogen) atoms. The van der Waals surface area contributed by atoms with Crippen LogP contribution in [0, 0.1) is 0 Å². The van der Waals surface area contributed by atoms with Gasteiger partial charge >= 0.3 is 7.48 Å². The Morgan fingerprint density at radius 3 is 1.54 bits per heavy atom. The van der Waals surface area contributed by atoms with Crippen molar-refractivity contribution >= 4 is 34.5 Å². The molecule has 199 valence electrons. The van der Waals surface area contributed by atoms with Gasteiger partial charge in [0.25, 0.3) is 0 Å². The fraction of sp³-hybridized carbons (Fsp3) is 0.158. The van der Waals surface area contributed by atoms with Gasteiger partial charge in [-0.2, -0.15) is 0 Å². The van der Waals surface area contributed by atoms with Crippen molar-refractivity contribution in [1.82, 2.24) is 0 Å². The molecule has 0 amide bonds. The molecule has 1 radical (unpaired) electrons. The van der Waals surface area contributed by atoms with Crippen molar-refractivity contribution in [3.8, 4) is 44.5 Å². The van der Waals surface area contributed by atoms with E-state index < -0.39 is 11.2 Å². The minimum absolute atomic E-state index is 0.753. The van der Waals surface area contributed by atoms with Crippen LogP contribution in [0.25, 0.3) is 66.1 Å². The molecule has 1 aliphatic carbocycles. The Morgan fingerprint density at radius 1 is 0.512 bits per heavy atom. The average Bonchev–Trinajstić information content (AvgIpc) is 3.31. The molecular formula is C38H32BO2. The van der Waals surface area contributed by atoms with Crippen LogP contribution in [-0.4, -0.2) is 23.8 Å². The van der Waals surface area contributed by atoms with E-state index in [-0.39, 0.29) is 0 Å². The van der Waals surface area contributed by atoms with E-state index in [1.54, 1.807) is 13.8 Å². The fourth-order valence-electron chi connectivity index (χ4n) is 6.09. The van der Waals surface area contributed by atoms with Crippen molar-refractivity contribution in [1.29, 1.82) is 0 Å². The number of hydrogen-bond donors (Lipinski definition) is 1. The van der Waals surface area contributed by atoms with Crippen LogP contribution in [0.1, 0.15) is 27.7 Å². The SMILES string of the molecule is CC(C)(O)C(C)(C)O[B]c1ccc2c3c(cccc13)-c1c-2c(-c2ccccc2)c2ccccc2c1-c1ccccc1. The molecule has 6 aromatic rings. The van der Waals surface area contributed by atoms with Gasteiger partial charge in [0.15, 0.2) is 0 Å². The van der Waals surface area contributed by atoms with E-state index in [2.05, 4.69) is 115 Å². The van der Waals surface area contributed by atoms with Crippen molar-refractivity contribution in [2.45, 2.75) is 38.9 Å². The van der Waals surface area contributed by atoms with Gasteiger partial charge in [-0.05, 0) is 99.2 Å². The first-order valence-corrected chi connectivity index (χ1v) is 14.3. The number of aliphatic hydroxyl groups is 1. The second-order valence-electron chi connectivity index (χ2n) is 12.0. The van der Waals surface area contributed by atoms with Crippen molar-refractivity contribution in [2.75, 3.05) is 0 Å². The second kappa shape index (κ2) is 9.44. The molecule has 0 unspecified atom stereocenters. The summed E-state index contributed by atoms with van der Waals surface area (Å²) < 4.78 is 6.24. The highest BCUT2D eigenvalue weighted by Gasteiger charge is 2.36. The van der Waals surface area contributed by atoms with Gasteiger partial charge in [0.2, 0.25) is 0 Å². The molecule has 0 saturated heterocycles. The number of fused-ring (bicyclic) bond motifs is 4. The van der Waals surface area contributed by atoms with E-state index in [4.69, 9.17) is 4.65 Å². The number of hydrogen-bond acceptors (Lipinski definition) is 2. The summed E-state index contributed by atoms with van der Waals surface area (Å²) in [5.41, 5.74) is 9.27. The third kappa shape index (κ3) is 4.03. The fourth-order valence-corrected chi connectivity index (χ4v) is 6.09. The molecule has 0 atom stereocenters. The Morgan fingerprint density at radius 2 is 1.00 bits per heavy atom. The van der Waals surface area contributed by atoms with Crippen LogP contribution in [0.2, 0.25) is 0 Å². The molecule has 0 aromatic heterocycles. The number of benzene rings is 6. The molecule has 0 saturated carbocycles. The van der Waals surface area contributed by atoms with Crippen LogP contribution < -0.4 is 5.46 Å². The Hall–Kier alpha value is -4.18. The van der Waals surface area contributed by atoms with E-state index in [0.29, 0.717) is 0 Å². The average molecular weight is 531 g/mol. The quantitative estimate of drug-likeness (QED) is 0.217. The third-order valence-corrected chi connectivity index (χ3v) is 8.91. The van der Waals surface area contributed by atoms with Crippen LogP contribution in [0.4, 0.5) is 0 Å². The number of rotatable bonds is 6. The summed E-state index contributed by atoms with van der Waals surface area (Å²) in [7, 11) is 1.82. The van der Waals surface area contributed by atoms with Gasteiger partial charge in [-0.15, -0.1) is 0 Å². The molecule has 0 spiro atoms. The minimum atomic E-state index is -0.996. The maximum atomic E-state index is 10.7. The Bertz CT molecular complexity index is 1840. The molecule has 0 bridgehead atoms. The lowest BCUT2D eigenvalue weighted by Crippen LogP contribution is -2.49. The van der Waals surface area contributed by atoms with Gasteiger partial charge in [-0.3, -0.25) is 0 Å². The van der Waals surface area contributed by atoms with Crippen LogP contribution >= 0.6 is 0 Å². The van der Waals surface area contributed by atoms with E-state index >= 15 is 0 Å². The standard InChI is InChI=1S/C38H32BO2/c1-37(2,40)38(3,4)41-39-31-23-22-30-34-28(31)20-13-21-29(34)35-32(24-14-7-5-8-15-24)26-18-11-12-19-27(26)33(36(30)35)25-16-9-6-10-17-25/h5-23,40H,1-4H3. The van der Waals surface area contributed by atoms with Gasteiger partial charge in [-0.25, -0.2) is 0 Å². The Labute approximate surface area is 242 Å². The van der Waals surface area contributed by atoms with E-state index in [0.717, 1.165) is 10.8 Å². The molecule has 1 N–H and O–H groups in total. The highest BCUT2D eigenvalue weighted by molar-refractivity contribution is 6.52. The monoisotopic (exact) mass is 531 g/mol. The van der Waals surface area contributed by atoms with Gasteiger partial charge in [0.05, 0.1) is 11.2 Å². The van der Waals surface area contributed by atoms with Crippen molar-refractivity contribution in [3.05, 3.63) is 115 Å². The topological polar surface area (TPSA) is 29.5 Å². The zero-order valence-corrected chi connectivity index (χ0v) is 23.9. The maximum absolute atomic E-state index is 10.7. The lowest BCUT2D eigenvalue weighted by atomic mass is 9.79. The Kier molecular flexibility index (Phi) is 5.94. The molecule has 1 aliphatic rings. The first kappa shape index (κ1) is 25.8. The molecule has 3 heteroatoms. The Balaban J connectivity index is 1.56. The summed E-state index contributed by atoms with van der Waals surface area (Å²) in [5, 5.41) is 15.6. The van der Waals surface area contributed by atoms with Crippen molar-refractivity contribution in [3.63, 3.8) is 0 Å². The molecule has 0 heterocycles. The first-order valence-electron chi connectivity index (χ1n) is 14.3. The highest BCUT2D eigenvalue weighted by atomic mass is 16.5. The van der Waals surface area contributed by atoms with E-state index in [9.17, 15) is 5.11 Å². The summed E-state index contributed by atoms with van der Waals surface area (Å²) in [6.07, 6.45) is 0.